The molecule has 0 saturated heterocycles. The van der Waals surface area contributed by atoms with Crippen molar-refractivity contribution in [1.29, 1.82) is 0 Å². The van der Waals surface area contributed by atoms with E-state index in [4.69, 9.17) is 4.74 Å². The number of amides is 1. The highest BCUT2D eigenvalue weighted by atomic mass is 32.1. The number of carbonyl (C=O) groups excluding carboxylic acids is 2. The number of carbonyl (C=O) groups is 2. The summed E-state index contributed by atoms with van der Waals surface area (Å²) in [6.45, 7) is 7.98. The first-order chi connectivity index (χ1) is 14.2. The minimum absolute atomic E-state index is 0.0157. The van der Waals surface area contributed by atoms with Gasteiger partial charge in [-0.15, -0.1) is 11.3 Å². The van der Waals surface area contributed by atoms with Crippen LogP contribution in [0, 0.1) is 0 Å². The van der Waals surface area contributed by atoms with E-state index in [1.807, 2.05) is 87.7 Å². The molecule has 0 N–H and O–H groups in total. The van der Waals surface area contributed by atoms with Crippen LogP contribution in [0.4, 0.5) is 5.69 Å². The predicted molar refractivity (Wildman–Crippen MR) is 121 cm³/mol. The summed E-state index contributed by atoms with van der Waals surface area (Å²) in [6, 6.07) is 17.7. The maximum absolute atomic E-state index is 13.3. The predicted octanol–water partition coefficient (Wildman–Crippen LogP) is 6.02. The Morgan fingerprint density at radius 3 is 2.43 bits per heavy atom. The van der Waals surface area contributed by atoms with E-state index in [2.05, 4.69) is 0 Å². The van der Waals surface area contributed by atoms with Gasteiger partial charge in [0, 0.05) is 16.1 Å². The van der Waals surface area contributed by atoms with Crippen molar-refractivity contribution < 1.29 is 14.3 Å². The lowest BCUT2D eigenvalue weighted by Crippen LogP contribution is -2.27. The molecule has 1 amide bonds. The van der Waals surface area contributed by atoms with Crippen LogP contribution in [0.2, 0.25) is 0 Å². The number of benzene rings is 2. The summed E-state index contributed by atoms with van der Waals surface area (Å²) in [7, 11) is 0. The minimum Gasteiger partial charge on any atom is -0.460 e. The maximum atomic E-state index is 13.3. The molecule has 0 saturated carbocycles. The first-order valence-electron chi connectivity index (χ1n) is 10.0. The fourth-order valence-corrected chi connectivity index (χ4v) is 4.43. The van der Waals surface area contributed by atoms with Crippen molar-refractivity contribution in [2.24, 2.45) is 0 Å². The molecule has 30 heavy (non-hydrogen) atoms. The molecule has 1 atom stereocenters. The number of hydrogen-bond donors (Lipinski definition) is 0. The highest BCUT2D eigenvalue weighted by molar-refractivity contribution is 7.13. The quantitative estimate of drug-likeness (QED) is 0.486. The molecule has 0 radical (unpaired) electrons. The highest BCUT2D eigenvalue weighted by Crippen LogP contribution is 2.37. The fourth-order valence-electron chi connectivity index (χ4n) is 3.68. The zero-order valence-corrected chi connectivity index (χ0v) is 18.5. The lowest BCUT2D eigenvalue weighted by molar-refractivity contribution is -0.156. The molecule has 3 aromatic rings. The van der Waals surface area contributed by atoms with Gasteiger partial charge in [0.2, 0.25) is 0 Å². The summed E-state index contributed by atoms with van der Waals surface area (Å²) < 4.78 is 5.49. The molecule has 154 valence electrons. The van der Waals surface area contributed by atoms with E-state index in [0.29, 0.717) is 6.54 Å². The van der Waals surface area contributed by atoms with E-state index in [9.17, 15) is 9.59 Å². The number of esters is 1. The van der Waals surface area contributed by atoms with E-state index in [0.717, 1.165) is 32.8 Å². The van der Waals surface area contributed by atoms with Crippen molar-refractivity contribution in [3.05, 3.63) is 76.7 Å². The SMILES string of the molecule is CC(C(=O)OC(C)(C)C)c1ccc(N2Cc3cccc(-c4cccs4)c3C2=O)cc1. The Morgan fingerprint density at radius 2 is 1.80 bits per heavy atom. The molecule has 4 rings (SSSR count). The van der Waals surface area contributed by atoms with Gasteiger partial charge in [-0.2, -0.15) is 0 Å². The first kappa shape index (κ1) is 20.4. The Balaban J connectivity index is 1.56. The van der Waals surface area contributed by atoms with Crippen LogP contribution in [0.15, 0.2) is 60.0 Å². The Morgan fingerprint density at radius 1 is 1.07 bits per heavy atom. The van der Waals surface area contributed by atoms with Gasteiger partial charge in [-0.3, -0.25) is 9.59 Å². The standard InChI is InChI=1S/C25H25NO3S/c1-16(24(28)29-25(2,3)4)17-10-12-19(13-11-17)26-15-18-7-5-8-20(22(18)23(26)27)21-9-6-14-30-21/h5-14,16H,15H2,1-4H3. The van der Waals surface area contributed by atoms with Gasteiger partial charge in [0.1, 0.15) is 5.60 Å². The number of nitrogens with zero attached hydrogens (tertiary/aromatic N) is 1. The number of ether oxygens (including phenoxy) is 1. The van der Waals surface area contributed by atoms with Crippen LogP contribution in [0.5, 0.6) is 0 Å². The zero-order chi connectivity index (χ0) is 21.5. The largest absolute Gasteiger partial charge is 0.460 e. The van der Waals surface area contributed by atoms with Crippen molar-refractivity contribution in [3.63, 3.8) is 0 Å². The summed E-state index contributed by atoms with van der Waals surface area (Å²) in [5.41, 5.74) is 4.00. The van der Waals surface area contributed by atoms with Crippen LogP contribution >= 0.6 is 11.3 Å². The topological polar surface area (TPSA) is 46.6 Å². The second-order valence-corrected chi connectivity index (χ2v) is 9.50. The van der Waals surface area contributed by atoms with Crippen molar-refractivity contribution in [2.45, 2.75) is 45.8 Å². The highest BCUT2D eigenvalue weighted by Gasteiger charge is 2.31. The van der Waals surface area contributed by atoms with E-state index in [-0.39, 0.29) is 17.8 Å². The van der Waals surface area contributed by atoms with Crippen molar-refractivity contribution in [2.75, 3.05) is 4.90 Å². The molecule has 1 unspecified atom stereocenters. The third kappa shape index (κ3) is 3.90. The Hall–Kier alpha value is -2.92. The number of fused-ring (bicyclic) bond motifs is 1. The minimum atomic E-state index is -0.515. The van der Waals surface area contributed by atoms with Gasteiger partial charge < -0.3 is 9.64 Å². The first-order valence-corrected chi connectivity index (χ1v) is 10.9. The summed E-state index contributed by atoms with van der Waals surface area (Å²) in [5, 5.41) is 2.02. The normalized spacial score (nSPS) is 14.5. The lowest BCUT2D eigenvalue weighted by Gasteiger charge is -2.23. The van der Waals surface area contributed by atoms with Crippen LogP contribution in [0.1, 0.15) is 55.1 Å². The molecule has 0 fully saturated rings. The molecular weight excluding hydrogens is 394 g/mol. The summed E-state index contributed by atoms with van der Waals surface area (Å²) in [5.74, 6) is -0.599. The Kier molecular flexibility index (Phi) is 5.24. The average molecular weight is 420 g/mol. The number of hydrogen-bond acceptors (Lipinski definition) is 4. The van der Waals surface area contributed by atoms with Crippen molar-refractivity contribution in [3.8, 4) is 10.4 Å². The second kappa shape index (κ2) is 7.73. The third-order valence-corrected chi connectivity index (χ3v) is 6.09. The van der Waals surface area contributed by atoms with Gasteiger partial charge in [-0.05, 0) is 62.4 Å². The van der Waals surface area contributed by atoms with Crippen molar-refractivity contribution in [1.82, 2.24) is 0 Å². The molecule has 1 aliphatic rings. The zero-order valence-electron chi connectivity index (χ0n) is 17.6. The number of rotatable bonds is 4. The molecular formula is C25H25NO3S. The maximum Gasteiger partial charge on any atom is 0.313 e. The molecule has 0 spiro atoms. The second-order valence-electron chi connectivity index (χ2n) is 8.55. The van der Waals surface area contributed by atoms with E-state index in [1.54, 1.807) is 16.2 Å². The molecule has 1 aromatic heterocycles. The summed E-state index contributed by atoms with van der Waals surface area (Å²) in [6.07, 6.45) is 0. The van der Waals surface area contributed by atoms with E-state index < -0.39 is 5.60 Å². The average Bonchev–Trinajstić information content (AvgIpc) is 3.35. The van der Waals surface area contributed by atoms with Crippen molar-refractivity contribution >= 4 is 28.9 Å². The van der Waals surface area contributed by atoms with Crippen LogP contribution in [-0.2, 0) is 16.1 Å². The molecule has 4 nitrogen and oxygen atoms in total. The van der Waals surface area contributed by atoms with Gasteiger partial charge in [-0.1, -0.05) is 36.4 Å². The smallest absolute Gasteiger partial charge is 0.313 e. The van der Waals surface area contributed by atoms with Gasteiger partial charge in [0.15, 0.2) is 0 Å². The van der Waals surface area contributed by atoms with Gasteiger partial charge in [0.05, 0.1) is 18.0 Å². The molecule has 5 heteroatoms. The molecule has 1 aliphatic heterocycles. The molecule has 2 heterocycles. The third-order valence-electron chi connectivity index (χ3n) is 5.19. The van der Waals surface area contributed by atoms with Gasteiger partial charge in [0.25, 0.3) is 5.91 Å². The lowest BCUT2D eigenvalue weighted by atomic mass is 10.0. The number of anilines is 1. The van der Waals surface area contributed by atoms with Gasteiger partial charge >= 0.3 is 5.97 Å². The van der Waals surface area contributed by atoms with E-state index in [1.165, 1.54) is 0 Å². The summed E-state index contributed by atoms with van der Waals surface area (Å²) >= 11 is 1.64. The monoisotopic (exact) mass is 419 g/mol. The fraction of sp³-hybridized carbons (Fsp3) is 0.280. The van der Waals surface area contributed by atoms with E-state index >= 15 is 0 Å². The Bertz CT molecular complexity index is 1080. The van der Waals surface area contributed by atoms with Gasteiger partial charge in [-0.25, -0.2) is 0 Å². The molecule has 2 aromatic carbocycles. The molecule has 0 bridgehead atoms. The van der Waals surface area contributed by atoms with Crippen LogP contribution in [-0.4, -0.2) is 17.5 Å². The van der Waals surface area contributed by atoms with Crippen LogP contribution in [0.3, 0.4) is 0 Å². The molecule has 0 aliphatic carbocycles. The Labute approximate surface area is 181 Å². The van der Waals surface area contributed by atoms with Crippen LogP contribution < -0.4 is 4.90 Å². The van der Waals surface area contributed by atoms with Crippen LogP contribution in [0.25, 0.3) is 10.4 Å². The number of thiophene rings is 1. The summed E-state index contributed by atoms with van der Waals surface area (Å²) in [4.78, 5) is 28.5.